The molecule has 1 aliphatic heterocycles. The molecule has 0 bridgehead atoms. The number of para-hydroxylation sites is 1. The average Bonchev–Trinajstić information content (AvgIpc) is 3.20. The molecule has 0 aliphatic carbocycles. The summed E-state index contributed by atoms with van der Waals surface area (Å²) in [4.78, 5) is 31.3. The van der Waals surface area contributed by atoms with E-state index in [9.17, 15) is 9.59 Å². The lowest BCUT2D eigenvalue weighted by Gasteiger charge is -2.26. The Hall–Kier alpha value is -2.46. The van der Waals surface area contributed by atoms with Crippen LogP contribution in [0.1, 0.15) is 16.1 Å². The summed E-state index contributed by atoms with van der Waals surface area (Å²) in [6.07, 6.45) is 0.849. The van der Waals surface area contributed by atoms with Gasteiger partial charge in [0, 0.05) is 38.6 Å². The van der Waals surface area contributed by atoms with Crippen molar-refractivity contribution < 1.29 is 14.3 Å². The number of carbonyl (C=O) groups is 1. The first-order valence-electron chi connectivity index (χ1n) is 11.4. The Labute approximate surface area is 197 Å². The van der Waals surface area contributed by atoms with Crippen LogP contribution in [0.25, 0.3) is 21.0 Å². The van der Waals surface area contributed by atoms with Crippen molar-refractivity contribution >= 4 is 38.2 Å². The number of ether oxygens (including phenoxy) is 2. The van der Waals surface area contributed by atoms with Gasteiger partial charge in [-0.25, -0.2) is 0 Å². The Morgan fingerprint density at radius 1 is 1.24 bits per heavy atom. The smallest absolute Gasteiger partial charge is 0.265 e. The predicted molar refractivity (Wildman–Crippen MR) is 133 cm³/mol. The number of fused-ring (bicyclic) bond motifs is 3. The fourth-order valence-corrected chi connectivity index (χ4v) is 5.29. The van der Waals surface area contributed by atoms with Gasteiger partial charge in [0.2, 0.25) is 0 Å². The van der Waals surface area contributed by atoms with Gasteiger partial charge < -0.3 is 24.3 Å². The normalized spacial score (nSPS) is 14.9. The summed E-state index contributed by atoms with van der Waals surface area (Å²) in [5.74, 6) is 0.210. The number of amides is 1. The van der Waals surface area contributed by atoms with E-state index < -0.39 is 0 Å². The summed E-state index contributed by atoms with van der Waals surface area (Å²) in [7, 11) is 5.78. The van der Waals surface area contributed by atoms with E-state index in [1.165, 1.54) is 11.3 Å². The maximum absolute atomic E-state index is 13.3. The van der Waals surface area contributed by atoms with Crippen LogP contribution in [0, 0.1) is 0 Å². The van der Waals surface area contributed by atoms with Crippen LogP contribution < -0.4 is 15.6 Å². The van der Waals surface area contributed by atoms with Crippen LogP contribution >= 0.6 is 11.3 Å². The summed E-state index contributed by atoms with van der Waals surface area (Å²) in [5.41, 5.74) is 0.696. The number of rotatable bonds is 9. The van der Waals surface area contributed by atoms with E-state index in [-0.39, 0.29) is 11.5 Å². The van der Waals surface area contributed by atoms with Crippen molar-refractivity contribution in [2.45, 2.75) is 6.42 Å². The Bertz CT molecular complexity index is 1180. The molecule has 1 aliphatic rings. The Morgan fingerprint density at radius 3 is 2.76 bits per heavy atom. The molecule has 0 unspecified atom stereocenters. The van der Waals surface area contributed by atoms with Crippen LogP contribution in [0.5, 0.6) is 5.75 Å². The minimum atomic E-state index is -0.192. The van der Waals surface area contributed by atoms with Crippen LogP contribution in [0.3, 0.4) is 0 Å². The van der Waals surface area contributed by atoms with Gasteiger partial charge in [-0.1, -0.05) is 18.2 Å². The molecule has 1 amide bonds. The number of nitrogens with one attached hydrogen (secondary N) is 1. The molecule has 1 aromatic carbocycles. The van der Waals surface area contributed by atoms with Gasteiger partial charge in [-0.15, -0.1) is 11.3 Å². The van der Waals surface area contributed by atoms with Crippen molar-refractivity contribution in [3.8, 4) is 5.75 Å². The highest BCUT2D eigenvalue weighted by Crippen LogP contribution is 2.39. The second-order valence-corrected chi connectivity index (χ2v) is 9.58. The maximum Gasteiger partial charge on any atom is 0.265 e. The van der Waals surface area contributed by atoms with Crippen molar-refractivity contribution in [3.63, 3.8) is 0 Å². The molecule has 3 heterocycles. The molecule has 0 atom stereocenters. The second kappa shape index (κ2) is 10.6. The predicted octanol–water partition coefficient (Wildman–Crippen LogP) is 2.15. The molecule has 3 aromatic rings. The second-order valence-electron chi connectivity index (χ2n) is 8.56. The lowest BCUT2D eigenvalue weighted by atomic mass is 10.1. The maximum atomic E-state index is 13.3. The molecule has 178 valence electrons. The van der Waals surface area contributed by atoms with E-state index in [0.717, 1.165) is 48.2 Å². The number of morpholine rings is 1. The van der Waals surface area contributed by atoms with Crippen molar-refractivity contribution in [2.24, 2.45) is 7.05 Å². The Morgan fingerprint density at radius 2 is 2.00 bits per heavy atom. The summed E-state index contributed by atoms with van der Waals surface area (Å²) in [6, 6.07) is 7.78. The van der Waals surface area contributed by atoms with Gasteiger partial charge in [-0.3, -0.25) is 14.5 Å². The summed E-state index contributed by atoms with van der Waals surface area (Å²) < 4.78 is 14.0. The van der Waals surface area contributed by atoms with E-state index in [2.05, 4.69) is 15.1 Å². The fourth-order valence-electron chi connectivity index (χ4n) is 4.10. The van der Waals surface area contributed by atoms with Crippen molar-refractivity contribution in [1.82, 2.24) is 19.7 Å². The number of pyridine rings is 1. The number of benzene rings is 1. The third-order valence-electron chi connectivity index (χ3n) is 5.92. The van der Waals surface area contributed by atoms with Gasteiger partial charge in [-0.2, -0.15) is 0 Å². The highest BCUT2D eigenvalue weighted by atomic mass is 32.1. The molecule has 2 aromatic heterocycles. The van der Waals surface area contributed by atoms with Crippen molar-refractivity contribution in [3.05, 3.63) is 39.5 Å². The molecule has 9 heteroatoms. The molecular formula is C24H32N4O4S. The van der Waals surface area contributed by atoms with Crippen LogP contribution in [-0.2, 0) is 11.8 Å². The average molecular weight is 473 g/mol. The topological polar surface area (TPSA) is 76.0 Å². The summed E-state index contributed by atoms with van der Waals surface area (Å²) in [6.45, 7) is 5.74. The van der Waals surface area contributed by atoms with E-state index in [1.54, 1.807) is 11.6 Å². The molecule has 0 saturated carbocycles. The first kappa shape index (κ1) is 23.7. The number of nitrogens with zero attached hydrogens (tertiary/aromatic N) is 3. The lowest BCUT2D eigenvalue weighted by molar-refractivity contribution is 0.0323. The van der Waals surface area contributed by atoms with Crippen molar-refractivity contribution in [2.75, 3.05) is 66.6 Å². The third-order valence-corrected chi connectivity index (χ3v) is 7.13. The minimum Gasteiger partial charge on any atom is -0.490 e. The molecule has 8 nitrogen and oxygen atoms in total. The molecule has 1 N–H and O–H groups in total. The van der Waals surface area contributed by atoms with Crippen LogP contribution in [0.2, 0.25) is 0 Å². The first-order chi connectivity index (χ1) is 16.0. The van der Waals surface area contributed by atoms with E-state index in [1.807, 2.05) is 38.4 Å². The van der Waals surface area contributed by atoms with Crippen LogP contribution in [0.4, 0.5) is 0 Å². The Balaban J connectivity index is 1.67. The first-order valence-corrected chi connectivity index (χ1v) is 12.2. The molecule has 33 heavy (non-hydrogen) atoms. The standard InChI is InChI=1S/C24H32N4O4S/c1-26(2)10-6-9-25-23(29)22-20(32-16-13-28-11-14-31-15-12-28)19-21(33-22)17-7-4-5-8-18(17)27(3)24(19)30/h4-5,7-8H,6,9-16H2,1-3H3,(H,25,29). The van der Waals surface area contributed by atoms with Crippen LogP contribution in [0.15, 0.2) is 29.1 Å². The number of aryl methyl sites for hydroxylation is 1. The molecule has 4 rings (SSSR count). The number of hydrogen-bond acceptors (Lipinski definition) is 7. The zero-order valence-electron chi connectivity index (χ0n) is 19.6. The van der Waals surface area contributed by atoms with Gasteiger partial charge in [0.15, 0.2) is 5.75 Å². The van der Waals surface area contributed by atoms with Gasteiger partial charge >= 0.3 is 0 Å². The SMILES string of the molecule is CN(C)CCCNC(=O)c1sc2c(c1OCCN1CCOCC1)c(=O)n(C)c1ccccc21. The summed E-state index contributed by atoms with van der Waals surface area (Å²) in [5, 5.41) is 4.44. The van der Waals surface area contributed by atoms with Crippen molar-refractivity contribution in [1.29, 1.82) is 0 Å². The number of aromatic nitrogens is 1. The van der Waals surface area contributed by atoms with Gasteiger partial charge in [0.05, 0.1) is 23.4 Å². The molecule has 0 radical (unpaired) electrons. The highest BCUT2D eigenvalue weighted by Gasteiger charge is 2.25. The Kier molecular flexibility index (Phi) is 7.64. The zero-order valence-corrected chi connectivity index (χ0v) is 20.4. The van der Waals surface area contributed by atoms with Gasteiger partial charge in [-0.05, 0) is 33.1 Å². The summed E-state index contributed by atoms with van der Waals surface area (Å²) >= 11 is 1.34. The molecule has 1 fully saturated rings. The minimum absolute atomic E-state index is 0.145. The largest absolute Gasteiger partial charge is 0.490 e. The van der Waals surface area contributed by atoms with E-state index in [0.29, 0.717) is 42.4 Å². The monoisotopic (exact) mass is 472 g/mol. The van der Waals surface area contributed by atoms with Crippen LogP contribution in [-0.4, -0.2) is 86.9 Å². The highest BCUT2D eigenvalue weighted by molar-refractivity contribution is 7.22. The van der Waals surface area contributed by atoms with Gasteiger partial charge in [0.1, 0.15) is 16.9 Å². The molecular weight excluding hydrogens is 440 g/mol. The number of hydrogen-bond donors (Lipinski definition) is 1. The molecule has 0 spiro atoms. The molecule has 1 saturated heterocycles. The van der Waals surface area contributed by atoms with E-state index >= 15 is 0 Å². The fraction of sp³-hybridized carbons (Fsp3) is 0.500. The zero-order chi connectivity index (χ0) is 23.4. The lowest BCUT2D eigenvalue weighted by Crippen LogP contribution is -2.38. The van der Waals surface area contributed by atoms with Gasteiger partial charge in [0.25, 0.3) is 11.5 Å². The quantitative estimate of drug-likeness (QED) is 0.481. The van der Waals surface area contributed by atoms with E-state index in [4.69, 9.17) is 9.47 Å². The number of carbonyl (C=O) groups excluding carboxylic acids is 1. The third kappa shape index (κ3) is 5.22. The number of thiophene rings is 1.